The highest BCUT2D eigenvalue weighted by molar-refractivity contribution is 9.10. The summed E-state index contributed by atoms with van der Waals surface area (Å²) >= 11 is 6.73. The van der Waals surface area contributed by atoms with E-state index in [1.54, 1.807) is 23.1 Å². The summed E-state index contributed by atoms with van der Waals surface area (Å²) in [6, 6.07) is 14.4. The molecule has 0 unspecified atom stereocenters. The van der Waals surface area contributed by atoms with E-state index in [-0.39, 0.29) is 0 Å². The fourth-order valence-corrected chi connectivity index (χ4v) is 4.71. The van der Waals surface area contributed by atoms with Crippen LogP contribution >= 0.6 is 39.0 Å². The Hall–Kier alpha value is -1.68. The fourth-order valence-electron chi connectivity index (χ4n) is 2.42. The van der Waals surface area contributed by atoms with Crippen LogP contribution in [0.3, 0.4) is 0 Å². The summed E-state index contributed by atoms with van der Waals surface area (Å²) in [5.74, 6) is 0. The van der Waals surface area contributed by atoms with E-state index in [1.165, 1.54) is 0 Å². The molecule has 0 amide bonds. The topological polar surface area (TPSA) is 49.6 Å². The summed E-state index contributed by atoms with van der Waals surface area (Å²) in [7, 11) is 0. The van der Waals surface area contributed by atoms with Gasteiger partial charge in [0.15, 0.2) is 0 Å². The van der Waals surface area contributed by atoms with Crippen LogP contribution in [0.2, 0.25) is 0 Å². The lowest BCUT2D eigenvalue weighted by Crippen LogP contribution is -1.90. The van der Waals surface area contributed by atoms with Crippen LogP contribution in [0.5, 0.6) is 0 Å². The average molecular weight is 430 g/mol. The maximum Gasteiger partial charge on any atom is 0.148 e. The van der Waals surface area contributed by atoms with E-state index in [4.69, 9.17) is 0 Å². The molecule has 0 atom stereocenters. The molecule has 0 fully saturated rings. The number of benzene rings is 2. The molecular weight excluding hydrogens is 414 g/mol. The number of aromatic nitrogens is 2. The molecule has 0 aliphatic heterocycles. The van der Waals surface area contributed by atoms with Crippen LogP contribution in [0.25, 0.3) is 21.1 Å². The summed E-state index contributed by atoms with van der Waals surface area (Å²) in [5.41, 5.74) is 3.86. The van der Waals surface area contributed by atoms with Gasteiger partial charge in [0.2, 0.25) is 0 Å². The third-order valence-electron chi connectivity index (χ3n) is 3.55. The van der Waals surface area contributed by atoms with Gasteiger partial charge in [-0.15, -0.1) is 22.0 Å². The third-order valence-corrected chi connectivity index (χ3v) is 6.13. The highest BCUT2D eigenvalue weighted by Gasteiger charge is 2.13. The van der Waals surface area contributed by atoms with Crippen molar-refractivity contribution in [1.82, 2.24) is 10.2 Å². The molecule has 3 aromatic rings. The van der Waals surface area contributed by atoms with Crippen LogP contribution in [0.15, 0.2) is 45.8 Å². The molecule has 0 spiro atoms. The van der Waals surface area contributed by atoms with Gasteiger partial charge in [-0.25, -0.2) is 0 Å². The van der Waals surface area contributed by atoms with Crippen molar-refractivity contribution in [1.29, 1.82) is 5.26 Å². The normalized spacial score (nSPS) is 10.9. The maximum atomic E-state index is 9.45. The second-order valence-electron chi connectivity index (χ2n) is 5.86. The van der Waals surface area contributed by atoms with Crippen molar-refractivity contribution >= 4 is 39.0 Å². The predicted octanol–water partition coefficient (Wildman–Crippen LogP) is 6.32. The lowest BCUT2D eigenvalue weighted by Gasteiger charge is -2.07. The van der Waals surface area contributed by atoms with Crippen LogP contribution in [0.4, 0.5) is 0 Å². The predicted molar refractivity (Wildman–Crippen MR) is 109 cm³/mol. The molecule has 0 aliphatic carbocycles. The second-order valence-corrected chi connectivity index (χ2v) is 9.37. The monoisotopic (exact) mass is 429 g/mol. The standard InChI is InChI=1S/C19H16BrN3S2/c1-11(2)24-17-7-4-13(9-14(17)10-21)18-22-23-19(25-18)16-6-5-15(20)8-12(16)3/h4-9,11H,1-3H3. The summed E-state index contributed by atoms with van der Waals surface area (Å²) < 4.78 is 1.05. The van der Waals surface area contributed by atoms with Gasteiger partial charge in [0, 0.05) is 25.7 Å². The highest BCUT2D eigenvalue weighted by atomic mass is 79.9. The molecule has 0 bridgehead atoms. The summed E-state index contributed by atoms with van der Waals surface area (Å²) in [5, 5.41) is 20.3. The molecule has 126 valence electrons. The first-order valence-corrected chi connectivity index (χ1v) is 10.3. The van der Waals surface area contributed by atoms with Crippen LogP contribution in [-0.2, 0) is 0 Å². The van der Waals surface area contributed by atoms with E-state index in [1.807, 2.05) is 30.3 Å². The van der Waals surface area contributed by atoms with Crippen molar-refractivity contribution in [2.45, 2.75) is 30.9 Å². The van der Waals surface area contributed by atoms with Gasteiger partial charge in [0.05, 0.1) is 5.56 Å². The summed E-state index contributed by atoms with van der Waals surface area (Å²) in [6.07, 6.45) is 0. The lowest BCUT2D eigenvalue weighted by atomic mass is 10.1. The molecule has 0 radical (unpaired) electrons. The molecule has 6 heteroatoms. The Morgan fingerprint density at radius 3 is 2.56 bits per heavy atom. The van der Waals surface area contributed by atoms with Crippen LogP contribution < -0.4 is 0 Å². The average Bonchev–Trinajstić information content (AvgIpc) is 3.04. The first-order chi connectivity index (χ1) is 12.0. The van der Waals surface area contributed by atoms with E-state index in [0.29, 0.717) is 10.8 Å². The van der Waals surface area contributed by atoms with Crippen molar-refractivity contribution in [3.05, 3.63) is 52.0 Å². The van der Waals surface area contributed by atoms with Gasteiger partial charge in [0.1, 0.15) is 16.1 Å². The quantitative estimate of drug-likeness (QED) is 0.455. The number of hydrogen-bond donors (Lipinski definition) is 0. The second kappa shape index (κ2) is 7.69. The minimum atomic E-state index is 0.437. The first-order valence-electron chi connectivity index (χ1n) is 7.79. The maximum absolute atomic E-state index is 9.45. The highest BCUT2D eigenvalue weighted by Crippen LogP contribution is 2.35. The Bertz CT molecular complexity index is 958. The summed E-state index contributed by atoms with van der Waals surface area (Å²) in [6.45, 7) is 6.31. The van der Waals surface area contributed by atoms with E-state index in [9.17, 15) is 5.26 Å². The fraction of sp³-hybridized carbons (Fsp3) is 0.211. The van der Waals surface area contributed by atoms with Crippen LogP contribution in [-0.4, -0.2) is 15.4 Å². The molecule has 0 aliphatic rings. The Balaban J connectivity index is 1.96. The zero-order valence-corrected chi connectivity index (χ0v) is 17.3. The molecule has 0 saturated heterocycles. The molecule has 0 N–H and O–H groups in total. The van der Waals surface area contributed by atoms with Gasteiger partial charge in [-0.1, -0.05) is 53.2 Å². The Labute approximate surface area is 164 Å². The first kappa shape index (κ1) is 18.1. The minimum absolute atomic E-state index is 0.437. The molecule has 3 rings (SSSR count). The number of hydrogen-bond acceptors (Lipinski definition) is 5. The van der Waals surface area contributed by atoms with Crippen LogP contribution in [0, 0.1) is 18.3 Å². The van der Waals surface area contributed by atoms with Crippen molar-refractivity contribution < 1.29 is 0 Å². The largest absolute Gasteiger partial charge is 0.192 e. The van der Waals surface area contributed by atoms with Crippen molar-refractivity contribution in [2.24, 2.45) is 0 Å². The Morgan fingerprint density at radius 2 is 1.88 bits per heavy atom. The molecular formula is C19H16BrN3S2. The summed E-state index contributed by atoms with van der Waals surface area (Å²) in [4.78, 5) is 1.01. The zero-order chi connectivity index (χ0) is 18.0. The van der Waals surface area contributed by atoms with Gasteiger partial charge >= 0.3 is 0 Å². The molecule has 1 aromatic heterocycles. The van der Waals surface area contributed by atoms with Gasteiger partial charge in [-0.3, -0.25) is 0 Å². The van der Waals surface area contributed by atoms with Gasteiger partial charge < -0.3 is 0 Å². The van der Waals surface area contributed by atoms with Crippen molar-refractivity contribution in [3.63, 3.8) is 0 Å². The number of thioether (sulfide) groups is 1. The molecule has 0 saturated carbocycles. The Morgan fingerprint density at radius 1 is 1.12 bits per heavy atom. The van der Waals surface area contributed by atoms with E-state index in [2.05, 4.69) is 59.0 Å². The SMILES string of the molecule is Cc1cc(Br)ccc1-c1nnc(-c2ccc(SC(C)C)c(C#N)c2)s1. The molecule has 25 heavy (non-hydrogen) atoms. The number of halogens is 1. The van der Waals surface area contributed by atoms with E-state index < -0.39 is 0 Å². The molecule has 1 heterocycles. The Kier molecular flexibility index (Phi) is 5.57. The number of nitriles is 1. The number of nitrogens with zero attached hydrogens (tertiary/aromatic N) is 3. The number of rotatable bonds is 4. The van der Waals surface area contributed by atoms with E-state index in [0.717, 1.165) is 36.1 Å². The number of aryl methyl sites for hydroxylation is 1. The van der Waals surface area contributed by atoms with Gasteiger partial charge in [-0.2, -0.15) is 5.26 Å². The van der Waals surface area contributed by atoms with E-state index >= 15 is 0 Å². The van der Waals surface area contributed by atoms with Crippen molar-refractivity contribution in [3.8, 4) is 27.2 Å². The minimum Gasteiger partial charge on any atom is -0.192 e. The van der Waals surface area contributed by atoms with Gasteiger partial charge in [0.25, 0.3) is 0 Å². The third kappa shape index (κ3) is 4.12. The lowest BCUT2D eigenvalue weighted by molar-refractivity contribution is 1.09. The zero-order valence-electron chi connectivity index (χ0n) is 14.1. The molecule has 3 nitrogen and oxygen atoms in total. The van der Waals surface area contributed by atoms with Gasteiger partial charge in [-0.05, 0) is 36.8 Å². The van der Waals surface area contributed by atoms with Crippen molar-refractivity contribution in [2.75, 3.05) is 0 Å². The molecule has 2 aromatic carbocycles. The van der Waals surface area contributed by atoms with Crippen LogP contribution in [0.1, 0.15) is 25.0 Å². The smallest absolute Gasteiger partial charge is 0.148 e.